The van der Waals surface area contributed by atoms with E-state index >= 15 is 0 Å². The molecule has 0 saturated heterocycles. The van der Waals surface area contributed by atoms with Gasteiger partial charge in [-0.05, 0) is 29.3 Å². The van der Waals surface area contributed by atoms with Gasteiger partial charge < -0.3 is 10.0 Å². The maximum Gasteiger partial charge on any atom is 0.335 e. The first-order valence-corrected chi connectivity index (χ1v) is 6.25. The molecule has 0 amide bonds. The van der Waals surface area contributed by atoms with Crippen molar-refractivity contribution in [3.63, 3.8) is 0 Å². The fourth-order valence-electron chi connectivity index (χ4n) is 2.36. The summed E-state index contributed by atoms with van der Waals surface area (Å²) in [5.74, 6) is -0.321. The zero-order valence-electron chi connectivity index (χ0n) is 10.9. The number of carboxylic acids is 1. The Kier molecular flexibility index (Phi) is 3.02. The lowest BCUT2D eigenvalue weighted by atomic mass is 10.1. The predicted molar refractivity (Wildman–Crippen MR) is 74.2 cm³/mol. The van der Waals surface area contributed by atoms with Crippen LogP contribution in [0.1, 0.15) is 21.5 Å². The van der Waals surface area contributed by atoms with Gasteiger partial charge >= 0.3 is 5.97 Å². The molecule has 0 unspecified atom stereocenters. The van der Waals surface area contributed by atoms with Crippen molar-refractivity contribution in [1.82, 2.24) is 4.98 Å². The van der Waals surface area contributed by atoms with Gasteiger partial charge in [-0.1, -0.05) is 6.07 Å². The quantitative estimate of drug-likeness (QED) is 0.686. The van der Waals surface area contributed by atoms with E-state index in [1.54, 1.807) is 24.3 Å². The number of nitrogens with zero attached hydrogens (tertiary/aromatic N) is 3. The molecular weight excluding hydrogens is 274 g/mol. The van der Waals surface area contributed by atoms with E-state index in [0.717, 1.165) is 11.1 Å². The number of aromatic nitrogens is 1. The number of rotatable bonds is 3. The monoisotopic (exact) mass is 285 g/mol. The highest BCUT2D eigenvalue weighted by molar-refractivity contribution is 5.88. The second kappa shape index (κ2) is 4.86. The maximum atomic E-state index is 11.0. The summed E-state index contributed by atoms with van der Waals surface area (Å²) in [6.07, 6.45) is 1.22. The highest BCUT2D eigenvalue weighted by atomic mass is 16.6. The Morgan fingerprint density at radius 2 is 2.00 bits per heavy atom. The Bertz CT molecular complexity index is 727. The molecule has 1 N–H and O–H groups in total. The Morgan fingerprint density at radius 1 is 1.24 bits per heavy atom. The van der Waals surface area contributed by atoms with Gasteiger partial charge in [-0.3, -0.25) is 10.1 Å². The molecule has 2 aromatic rings. The Balaban J connectivity index is 1.84. The van der Waals surface area contributed by atoms with Crippen molar-refractivity contribution in [2.45, 2.75) is 13.1 Å². The minimum absolute atomic E-state index is 0.0522. The van der Waals surface area contributed by atoms with Gasteiger partial charge in [-0.2, -0.15) is 0 Å². The van der Waals surface area contributed by atoms with Crippen molar-refractivity contribution in [1.29, 1.82) is 0 Å². The first-order chi connectivity index (χ1) is 10.0. The van der Waals surface area contributed by atoms with Crippen LogP contribution in [-0.4, -0.2) is 21.0 Å². The van der Waals surface area contributed by atoms with Gasteiger partial charge in [0.1, 0.15) is 12.0 Å². The predicted octanol–water partition coefficient (Wildman–Crippen LogP) is 2.21. The topological polar surface area (TPSA) is 96.6 Å². The lowest BCUT2D eigenvalue weighted by Gasteiger charge is -2.15. The SMILES string of the molecule is O=C(O)c1ccc2c(c1)CN(c1ccc([N+](=O)[O-])cn1)C2. The van der Waals surface area contributed by atoms with Gasteiger partial charge in [0.05, 0.1) is 10.5 Å². The molecule has 1 aliphatic heterocycles. The smallest absolute Gasteiger partial charge is 0.335 e. The molecule has 7 nitrogen and oxygen atoms in total. The number of aromatic carboxylic acids is 1. The number of hydrogen-bond donors (Lipinski definition) is 1. The molecule has 3 rings (SSSR count). The maximum absolute atomic E-state index is 11.0. The van der Waals surface area contributed by atoms with Gasteiger partial charge in [0.25, 0.3) is 5.69 Å². The number of carboxylic acid groups (broad SMARTS) is 1. The van der Waals surface area contributed by atoms with Crippen LogP contribution in [0.5, 0.6) is 0 Å². The average Bonchev–Trinajstić information content (AvgIpc) is 2.90. The summed E-state index contributed by atoms with van der Waals surface area (Å²) in [5.41, 5.74) is 2.19. The standard InChI is InChI=1S/C14H11N3O4/c18-14(19)9-1-2-10-7-16(8-11(10)5-9)13-4-3-12(6-15-13)17(20)21/h1-6H,7-8H2,(H,18,19). The highest BCUT2D eigenvalue weighted by Gasteiger charge is 2.21. The molecule has 0 fully saturated rings. The number of benzene rings is 1. The van der Waals surface area contributed by atoms with Crippen molar-refractivity contribution < 1.29 is 14.8 Å². The summed E-state index contributed by atoms with van der Waals surface area (Å²) in [7, 11) is 0. The summed E-state index contributed by atoms with van der Waals surface area (Å²) in [6.45, 7) is 1.15. The third kappa shape index (κ3) is 2.40. The first kappa shape index (κ1) is 13.0. The van der Waals surface area contributed by atoms with E-state index in [1.807, 2.05) is 4.90 Å². The van der Waals surface area contributed by atoms with Crippen LogP contribution in [0.2, 0.25) is 0 Å². The fourth-order valence-corrected chi connectivity index (χ4v) is 2.36. The van der Waals surface area contributed by atoms with Crippen molar-refractivity contribution in [3.8, 4) is 0 Å². The molecule has 1 aromatic heterocycles. The lowest BCUT2D eigenvalue weighted by molar-refractivity contribution is -0.385. The molecule has 106 valence electrons. The number of carbonyl (C=O) groups is 1. The van der Waals surface area contributed by atoms with Crippen LogP contribution in [-0.2, 0) is 13.1 Å². The molecule has 7 heteroatoms. The van der Waals surface area contributed by atoms with Crippen LogP contribution in [0, 0.1) is 10.1 Å². The van der Waals surface area contributed by atoms with Crippen LogP contribution in [0.25, 0.3) is 0 Å². The molecule has 0 atom stereocenters. The molecule has 21 heavy (non-hydrogen) atoms. The molecule has 0 radical (unpaired) electrons. The average molecular weight is 285 g/mol. The van der Waals surface area contributed by atoms with Crippen molar-refractivity contribution in [3.05, 3.63) is 63.3 Å². The molecule has 2 heterocycles. The largest absolute Gasteiger partial charge is 0.478 e. The van der Waals surface area contributed by atoms with Crippen molar-refractivity contribution in [2.75, 3.05) is 4.90 Å². The summed E-state index contributed by atoms with van der Waals surface area (Å²) < 4.78 is 0. The fraction of sp³-hybridized carbons (Fsp3) is 0.143. The zero-order chi connectivity index (χ0) is 15.0. The van der Waals surface area contributed by atoms with Gasteiger partial charge in [-0.25, -0.2) is 9.78 Å². The zero-order valence-corrected chi connectivity index (χ0v) is 10.9. The Hall–Kier alpha value is -2.96. The van der Waals surface area contributed by atoms with Crippen LogP contribution in [0.4, 0.5) is 11.5 Å². The summed E-state index contributed by atoms with van der Waals surface area (Å²) in [5, 5.41) is 19.6. The molecular formula is C14H11N3O4. The van der Waals surface area contributed by atoms with E-state index < -0.39 is 10.9 Å². The van der Waals surface area contributed by atoms with E-state index in [0.29, 0.717) is 18.9 Å². The summed E-state index contributed by atoms with van der Waals surface area (Å²) >= 11 is 0. The third-order valence-corrected chi connectivity index (χ3v) is 3.44. The van der Waals surface area contributed by atoms with Crippen LogP contribution in [0.15, 0.2) is 36.5 Å². The number of nitro groups is 1. The van der Waals surface area contributed by atoms with Crippen LogP contribution in [0.3, 0.4) is 0 Å². The van der Waals surface area contributed by atoms with Gasteiger partial charge in [0.15, 0.2) is 0 Å². The second-order valence-electron chi connectivity index (χ2n) is 4.78. The highest BCUT2D eigenvalue weighted by Crippen LogP contribution is 2.28. The van der Waals surface area contributed by atoms with Crippen molar-refractivity contribution >= 4 is 17.5 Å². The molecule has 0 bridgehead atoms. The molecule has 0 saturated carbocycles. The third-order valence-electron chi connectivity index (χ3n) is 3.44. The van der Waals surface area contributed by atoms with Gasteiger partial charge in [0, 0.05) is 19.2 Å². The number of hydrogen-bond acceptors (Lipinski definition) is 5. The van der Waals surface area contributed by atoms with E-state index in [2.05, 4.69) is 4.98 Å². The molecule has 0 aliphatic carbocycles. The van der Waals surface area contributed by atoms with E-state index in [4.69, 9.17) is 5.11 Å². The number of pyridine rings is 1. The van der Waals surface area contributed by atoms with Gasteiger partial charge in [-0.15, -0.1) is 0 Å². The van der Waals surface area contributed by atoms with E-state index in [9.17, 15) is 14.9 Å². The molecule has 1 aliphatic rings. The lowest BCUT2D eigenvalue weighted by Crippen LogP contribution is -2.15. The van der Waals surface area contributed by atoms with Crippen molar-refractivity contribution in [2.24, 2.45) is 0 Å². The Labute approximate surface area is 119 Å². The second-order valence-corrected chi connectivity index (χ2v) is 4.78. The molecule has 1 aromatic carbocycles. The minimum Gasteiger partial charge on any atom is -0.478 e. The molecule has 0 spiro atoms. The summed E-state index contributed by atoms with van der Waals surface area (Å²) in [4.78, 5) is 27.1. The van der Waals surface area contributed by atoms with Crippen LogP contribution >= 0.6 is 0 Å². The van der Waals surface area contributed by atoms with E-state index in [1.165, 1.54) is 12.3 Å². The number of fused-ring (bicyclic) bond motifs is 1. The Morgan fingerprint density at radius 3 is 2.62 bits per heavy atom. The van der Waals surface area contributed by atoms with Crippen LogP contribution < -0.4 is 4.90 Å². The normalized spacial score (nSPS) is 13.0. The van der Waals surface area contributed by atoms with E-state index in [-0.39, 0.29) is 11.3 Å². The minimum atomic E-state index is -0.954. The van der Waals surface area contributed by atoms with Gasteiger partial charge in [0.2, 0.25) is 0 Å². The first-order valence-electron chi connectivity index (χ1n) is 6.25. The summed E-state index contributed by atoms with van der Waals surface area (Å²) in [6, 6.07) is 8.04. The number of anilines is 1.